The van der Waals surface area contributed by atoms with E-state index in [1.807, 2.05) is 13.8 Å². The Morgan fingerprint density at radius 1 is 1.29 bits per heavy atom. The molecule has 0 aromatic carbocycles. The monoisotopic (exact) mass is 256 g/mol. The minimum atomic E-state index is -4.47. The summed E-state index contributed by atoms with van der Waals surface area (Å²) in [5.74, 6) is 0. The zero-order valence-corrected chi connectivity index (χ0v) is 10.1. The Balaban J connectivity index is 3.52. The summed E-state index contributed by atoms with van der Waals surface area (Å²) in [4.78, 5) is 13.0. The molecule has 0 aliphatic carbocycles. The molecular formula is C10H19F3N2O2. The molecule has 0 saturated heterocycles. The predicted octanol–water partition coefficient (Wildman–Crippen LogP) is 2.01. The van der Waals surface area contributed by atoms with Gasteiger partial charge in [0.25, 0.3) is 0 Å². The zero-order chi connectivity index (χ0) is 13.3. The molecule has 0 aliphatic heterocycles. The Labute approximate surface area is 99.1 Å². The maximum Gasteiger partial charge on any atom is 0.422 e. The molecule has 0 fully saturated rings. The largest absolute Gasteiger partial charge is 0.440 e. The number of hydrogen-bond acceptors (Lipinski definition) is 3. The van der Waals surface area contributed by atoms with Gasteiger partial charge >= 0.3 is 12.3 Å². The average molecular weight is 256 g/mol. The van der Waals surface area contributed by atoms with Crippen molar-refractivity contribution in [3.63, 3.8) is 0 Å². The molecule has 0 heterocycles. The quantitative estimate of drug-likeness (QED) is 0.708. The first-order valence-electron chi connectivity index (χ1n) is 5.58. The number of alkyl carbamates (subject to hydrolysis) is 1. The smallest absolute Gasteiger partial charge is 0.422 e. The number of amides is 1. The SMILES string of the molecule is CCN(CC)CCCNC(=O)OCC(F)(F)F. The molecule has 0 unspecified atom stereocenters. The first-order valence-corrected chi connectivity index (χ1v) is 5.58. The number of carbonyl (C=O) groups is 1. The highest BCUT2D eigenvalue weighted by atomic mass is 19.4. The molecule has 0 spiro atoms. The lowest BCUT2D eigenvalue weighted by atomic mass is 10.3. The van der Waals surface area contributed by atoms with E-state index in [4.69, 9.17) is 0 Å². The van der Waals surface area contributed by atoms with Crippen molar-refractivity contribution >= 4 is 6.09 Å². The fourth-order valence-corrected chi connectivity index (χ4v) is 1.23. The van der Waals surface area contributed by atoms with Crippen LogP contribution in [0.15, 0.2) is 0 Å². The number of nitrogens with one attached hydrogen (secondary N) is 1. The van der Waals surface area contributed by atoms with Gasteiger partial charge in [0.15, 0.2) is 6.61 Å². The standard InChI is InChI=1S/C10H19F3N2O2/c1-3-15(4-2)7-5-6-14-9(16)17-8-10(11,12)13/h3-8H2,1-2H3,(H,14,16). The van der Waals surface area contributed by atoms with Crippen molar-refractivity contribution in [3.8, 4) is 0 Å². The Morgan fingerprint density at radius 3 is 2.35 bits per heavy atom. The molecule has 102 valence electrons. The van der Waals surface area contributed by atoms with Crippen molar-refractivity contribution in [1.29, 1.82) is 0 Å². The fraction of sp³-hybridized carbons (Fsp3) is 0.900. The van der Waals surface area contributed by atoms with Crippen LogP contribution in [-0.4, -0.2) is 50.0 Å². The van der Waals surface area contributed by atoms with E-state index in [2.05, 4.69) is 15.0 Å². The van der Waals surface area contributed by atoms with Crippen LogP contribution in [0.25, 0.3) is 0 Å². The second-order valence-corrected chi connectivity index (χ2v) is 3.50. The van der Waals surface area contributed by atoms with E-state index >= 15 is 0 Å². The molecule has 0 rings (SSSR count). The van der Waals surface area contributed by atoms with Crippen LogP contribution >= 0.6 is 0 Å². The van der Waals surface area contributed by atoms with Crippen LogP contribution < -0.4 is 5.32 Å². The lowest BCUT2D eigenvalue weighted by Gasteiger charge is -2.17. The molecular weight excluding hydrogens is 237 g/mol. The van der Waals surface area contributed by atoms with Crippen LogP contribution in [0.2, 0.25) is 0 Å². The van der Waals surface area contributed by atoms with Crippen molar-refractivity contribution in [2.75, 3.05) is 32.8 Å². The molecule has 0 aromatic heterocycles. The summed E-state index contributed by atoms with van der Waals surface area (Å²) in [5, 5.41) is 2.27. The third kappa shape index (κ3) is 9.92. The Bertz CT molecular complexity index is 218. The van der Waals surface area contributed by atoms with E-state index in [9.17, 15) is 18.0 Å². The number of rotatable bonds is 7. The first-order chi connectivity index (χ1) is 7.89. The van der Waals surface area contributed by atoms with Crippen molar-refractivity contribution < 1.29 is 22.7 Å². The molecule has 1 N–H and O–H groups in total. The van der Waals surface area contributed by atoms with E-state index < -0.39 is 18.9 Å². The normalized spacial score (nSPS) is 11.6. The topological polar surface area (TPSA) is 41.6 Å². The van der Waals surface area contributed by atoms with Gasteiger partial charge in [-0.05, 0) is 26.1 Å². The lowest BCUT2D eigenvalue weighted by Crippen LogP contribution is -2.32. The highest BCUT2D eigenvalue weighted by Gasteiger charge is 2.29. The van der Waals surface area contributed by atoms with Crippen LogP contribution in [0.3, 0.4) is 0 Å². The number of nitrogens with zero attached hydrogens (tertiary/aromatic N) is 1. The maximum atomic E-state index is 11.7. The van der Waals surface area contributed by atoms with Crippen LogP contribution in [0.4, 0.5) is 18.0 Å². The van der Waals surface area contributed by atoms with E-state index in [1.165, 1.54) is 0 Å². The van der Waals surface area contributed by atoms with Gasteiger partial charge in [0.05, 0.1) is 0 Å². The average Bonchev–Trinajstić information content (AvgIpc) is 2.26. The van der Waals surface area contributed by atoms with Gasteiger partial charge in [0.2, 0.25) is 0 Å². The fourth-order valence-electron chi connectivity index (χ4n) is 1.23. The molecule has 0 aromatic rings. The van der Waals surface area contributed by atoms with Crippen LogP contribution in [0.5, 0.6) is 0 Å². The number of carbonyl (C=O) groups excluding carboxylic acids is 1. The number of hydrogen-bond donors (Lipinski definition) is 1. The van der Waals surface area contributed by atoms with Gasteiger partial charge in [-0.2, -0.15) is 13.2 Å². The second-order valence-electron chi connectivity index (χ2n) is 3.50. The predicted molar refractivity (Wildman–Crippen MR) is 57.8 cm³/mol. The summed E-state index contributed by atoms with van der Waals surface area (Å²) in [6.07, 6.45) is -4.82. The lowest BCUT2D eigenvalue weighted by molar-refractivity contribution is -0.160. The van der Waals surface area contributed by atoms with E-state index in [0.717, 1.165) is 19.6 Å². The van der Waals surface area contributed by atoms with Gasteiger partial charge in [0.1, 0.15) is 0 Å². The van der Waals surface area contributed by atoms with Gasteiger partial charge in [-0.25, -0.2) is 4.79 Å². The van der Waals surface area contributed by atoms with Crippen molar-refractivity contribution in [3.05, 3.63) is 0 Å². The first kappa shape index (κ1) is 16.0. The summed E-state index contributed by atoms with van der Waals surface area (Å²) in [7, 11) is 0. The highest BCUT2D eigenvalue weighted by molar-refractivity contribution is 5.67. The summed E-state index contributed by atoms with van der Waals surface area (Å²) in [6, 6.07) is 0. The zero-order valence-electron chi connectivity index (χ0n) is 10.1. The number of halogens is 3. The number of alkyl halides is 3. The Hall–Kier alpha value is -0.980. The van der Waals surface area contributed by atoms with Gasteiger partial charge in [-0.3, -0.25) is 0 Å². The van der Waals surface area contributed by atoms with Crippen LogP contribution in [0, 0.1) is 0 Å². The summed E-state index contributed by atoms with van der Waals surface area (Å²) in [5.41, 5.74) is 0. The molecule has 1 amide bonds. The van der Waals surface area contributed by atoms with Gasteiger partial charge < -0.3 is 15.0 Å². The molecule has 7 heteroatoms. The van der Waals surface area contributed by atoms with E-state index in [0.29, 0.717) is 13.0 Å². The van der Waals surface area contributed by atoms with Crippen molar-refractivity contribution in [2.45, 2.75) is 26.4 Å². The summed E-state index contributed by atoms with van der Waals surface area (Å²) >= 11 is 0. The van der Waals surface area contributed by atoms with E-state index in [1.54, 1.807) is 0 Å². The van der Waals surface area contributed by atoms with Crippen LogP contribution in [-0.2, 0) is 4.74 Å². The molecule has 0 atom stereocenters. The Kier molecular flexibility index (Phi) is 7.69. The van der Waals surface area contributed by atoms with Crippen LogP contribution in [0.1, 0.15) is 20.3 Å². The Morgan fingerprint density at radius 2 is 1.88 bits per heavy atom. The molecule has 17 heavy (non-hydrogen) atoms. The minimum absolute atomic E-state index is 0.313. The third-order valence-electron chi connectivity index (χ3n) is 2.18. The molecule has 0 bridgehead atoms. The molecule has 0 saturated carbocycles. The van der Waals surface area contributed by atoms with Gasteiger partial charge in [-0.1, -0.05) is 13.8 Å². The van der Waals surface area contributed by atoms with Crippen molar-refractivity contribution in [1.82, 2.24) is 10.2 Å². The van der Waals surface area contributed by atoms with Gasteiger partial charge in [-0.15, -0.1) is 0 Å². The third-order valence-corrected chi connectivity index (χ3v) is 2.18. The summed E-state index contributed by atoms with van der Waals surface area (Å²) < 4.78 is 39.0. The van der Waals surface area contributed by atoms with E-state index in [-0.39, 0.29) is 0 Å². The minimum Gasteiger partial charge on any atom is -0.440 e. The second kappa shape index (κ2) is 8.16. The highest BCUT2D eigenvalue weighted by Crippen LogP contribution is 2.14. The molecule has 0 aliphatic rings. The number of ether oxygens (including phenoxy) is 1. The summed E-state index contributed by atoms with van der Waals surface area (Å²) in [6.45, 7) is 5.43. The maximum absolute atomic E-state index is 11.7. The van der Waals surface area contributed by atoms with Crippen molar-refractivity contribution in [2.24, 2.45) is 0 Å². The van der Waals surface area contributed by atoms with Gasteiger partial charge in [0, 0.05) is 6.54 Å². The molecule has 0 radical (unpaired) electrons. The molecule has 4 nitrogen and oxygen atoms in total.